The van der Waals surface area contributed by atoms with Gasteiger partial charge in [0.25, 0.3) is 0 Å². The topological polar surface area (TPSA) is 72.2 Å². The number of hydrogen-bond donors (Lipinski definition) is 2. The van der Waals surface area contributed by atoms with Crippen LogP contribution in [0.4, 0.5) is 0 Å². The van der Waals surface area contributed by atoms with Gasteiger partial charge in [0.1, 0.15) is 6.04 Å². The Labute approximate surface area is 98.8 Å². The second-order valence-corrected chi connectivity index (χ2v) is 3.86. The highest BCUT2D eigenvalue weighted by Gasteiger charge is 2.17. The van der Waals surface area contributed by atoms with E-state index in [0.717, 1.165) is 5.56 Å². The lowest BCUT2D eigenvalue weighted by Gasteiger charge is -2.14. The van der Waals surface area contributed by atoms with Gasteiger partial charge in [0.15, 0.2) is 0 Å². The number of hydrogen-bond acceptors (Lipinski definition) is 2. The first-order valence-electron chi connectivity index (χ1n) is 4.80. The summed E-state index contributed by atoms with van der Waals surface area (Å²) in [4.78, 5) is 22.0. The molecule has 0 unspecified atom stereocenters. The summed E-state index contributed by atoms with van der Waals surface area (Å²) < 4.78 is 0. The van der Waals surface area contributed by atoms with Crippen molar-refractivity contribution in [1.29, 1.82) is 0 Å². The van der Waals surface area contributed by atoms with E-state index in [1.54, 1.807) is 18.2 Å². The summed E-state index contributed by atoms with van der Waals surface area (Å²) in [5, 5.41) is 3.04. The molecule has 16 heavy (non-hydrogen) atoms. The first-order valence-corrected chi connectivity index (χ1v) is 5.18. The average Bonchev–Trinajstić information content (AvgIpc) is 2.19. The van der Waals surface area contributed by atoms with Gasteiger partial charge in [-0.15, -0.1) is 0 Å². The van der Waals surface area contributed by atoms with Crippen molar-refractivity contribution in [2.24, 2.45) is 5.73 Å². The molecule has 2 amide bonds. The highest BCUT2D eigenvalue weighted by molar-refractivity contribution is 6.31. The number of carbonyl (C=O) groups excluding carboxylic acids is 2. The molecule has 0 spiro atoms. The number of rotatable bonds is 4. The van der Waals surface area contributed by atoms with Gasteiger partial charge in [-0.05, 0) is 11.6 Å². The molecule has 1 rings (SSSR count). The predicted octanol–water partition coefficient (Wildman–Crippen LogP) is 0.873. The molecular weight excluding hydrogens is 228 g/mol. The van der Waals surface area contributed by atoms with Gasteiger partial charge >= 0.3 is 0 Å². The molecular formula is C11H13ClN2O2. The molecule has 0 aromatic heterocycles. The number of halogens is 1. The van der Waals surface area contributed by atoms with Crippen LogP contribution >= 0.6 is 11.6 Å². The molecule has 4 nitrogen and oxygen atoms in total. The van der Waals surface area contributed by atoms with Crippen molar-refractivity contribution in [3.8, 4) is 0 Å². The Kier molecular flexibility index (Phi) is 4.31. The van der Waals surface area contributed by atoms with Crippen LogP contribution in [0.3, 0.4) is 0 Å². The summed E-state index contributed by atoms with van der Waals surface area (Å²) in [6.07, 6.45) is 0.300. The molecule has 5 heteroatoms. The highest BCUT2D eigenvalue weighted by Crippen LogP contribution is 2.16. The van der Waals surface area contributed by atoms with Crippen LogP contribution in [0.2, 0.25) is 5.02 Å². The van der Waals surface area contributed by atoms with E-state index in [0.29, 0.717) is 11.4 Å². The molecule has 0 saturated carbocycles. The van der Waals surface area contributed by atoms with Crippen LogP contribution in [0.15, 0.2) is 24.3 Å². The normalized spacial score (nSPS) is 11.9. The lowest BCUT2D eigenvalue weighted by Crippen LogP contribution is -2.45. The van der Waals surface area contributed by atoms with E-state index in [9.17, 15) is 9.59 Å². The Hall–Kier alpha value is -1.55. The molecule has 0 bridgehead atoms. The maximum Gasteiger partial charge on any atom is 0.240 e. The van der Waals surface area contributed by atoms with Gasteiger partial charge in [-0.3, -0.25) is 9.59 Å². The molecule has 0 saturated heterocycles. The summed E-state index contributed by atoms with van der Waals surface area (Å²) in [5.74, 6) is -0.869. The SMILES string of the molecule is CC(=O)N[C@H](Cc1ccccc1Cl)C(N)=O. The van der Waals surface area contributed by atoms with Crippen LogP contribution in [-0.4, -0.2) is 17.9 Å². The van der Waals surface area contributed by atoms with Crippen molar-refractivity contribution >= 4 is 23.4 Å². The summed E-state index contributed by atoms with van der Waals surface area (Å²) >= 11 is 5.94. The summed E-state index contributed by atoms with van der Waals surface area (Å²) in [7, 11) is 0. The lowest BCUT2D eigenvalue weighted by atomic mass is 10.1. The fourth-order valence-electron chi connectivity index (χ4n) is 1.35. The van der Waals surface area contributed by atoms with E-state index in [2.05, 4.69) is 5.32 Å². The Bertz CT molecular complexity index is 407. The van der Waals surface area contributed by atoms with E-state index >= 15 is 0 Å². The van der Waals surface area contributed by atoms with Gasteiger partial charge in [-0.2, -0.15) is 0 Å². The fourth-order valence-corrected chi connectivity index (χ4v) is 1.56. The predicted molar refractivity (Wildman–Crippen MR) is 62.0 cm³/mol. The zero-order chi connectivity index (χ0) is 12.1. The minimum atomic E-state index is -0.725. The van der Waals surface area contributed by atoms with Gasteiger partial charge in [-0.1, -0.05) is 29.8 Å². The molecule has 0 radical (unpaired) electrons. The first-order chi connectivity index (χ1) is 7.50. The molecule has 3 N–H and O–H groups in total. The number of amides is 2. The Morgan fingerprint density at radius 1 is 1.44 bits per heavy atom. The Morgan fingerprint density at radius 2 is 2.06 bits per heavy atom. The van der Waals surface area contributed by atoms with E-state index in [1.807, 2.05) is 6.07 Å². The van der Waals surface area contributed by atoms with Crippen LogP contribution in [0.1, 0.15) is 12.5 Å². The molecule has 1 aromatic rings. The summed E-state index contributed by atoms with van der Waals surface area (Å²) in [6, 6.07) is 6.40. The molecule has 1 atom stereocenters. The second kappa shape index (κ2) is 5.51. The molecule has 0 aliphatic rings. The van der Waals surface area contributed by atoms with Crippen LogP contribution < -0.4 is 11.1 Å². The molecule has 0 heterocycles. The van der Waals surface area contributed by atoms with Crippen LogP contribution in [0.5, 0.6) is 0 Å². The van der Waals surface area contributed by atoms with Crippen molar-refractivity contribution in [2.45, 2.75) is 19.4 Å². The number of primary amides is 1. The van der Waals surface area contributed by atoms with Gasteiger partial charge in [0, 0.05) is 18.4 Å². The van der Waals surface area contributed by atoms with E-state index in [4.69, 9.17) is 17.3 Å². The number of benzene rings is 1. The first kappa shape index (κ1) is 12.5. The third-order valence-corrected chi connectivity index (χ3v) is 2.47. The maximum atomic E-state index is 11.1. The minimum Gasteiger partial charge on any atom is -0.368 e. The minimum absolute atomic E-state index is 0.296. The maximum absolute atomic E-state index is 11.1. The van der Waals surface area contributed by atoms with Gasteiger partial charge in [0.05, 0.1) is 0 Å². The van der Waals surface area contributed by atoms with E-state index in [-0.39, 0.29) is 5.91 Å². The van der Waals surface area contributed by atoms with Gasteiger partial charge < -0.3 is 11.1 Å². The lowest BCUT2D eigenvalue weighted by molar-refractivity contribution is -0.126. The van der Waals surface area contributed by atoms with Crippen LogP contribution in [0, 0.1) is 0 Å². The zero-order valence-corrected chi connectivity index (χ0v) is 9.62. The number of carbonyl (C=O) groups is 2. The molecule has 0 aliphatic carbocycles. The quantitative estimate of drug-likeness (QED) is 0.820. The van der Waals surface area contributed by atoms with Crippen molar-refractivity contribution in [1.82, 2.24) is 5.32 Å². The standard InChI is InChI=1S/C11H13ClN2O2/c1-7(15)14-10(11(13)16)6-8-4-2-3-5-9(8)12/h2-5,10H,6H2,1H3,(H2,13,16)(H,14,15)/t10-/m1/s1. The number of nitrogens with two attached hydrogens (primary N) is 1. The molecule has 0 fully saturated rings. The smallest absolute Gasteiger partial charge is 0.240 e. The van der Waals surface area contributed by atoms with Crippen LogP contribution in [-0.2, 0) is 16.0 Å². The fraction of sp³-hybridized carbons (Fsp3) is 0.273. The van der Waals surface area contributed by atoms with Crippen molar-refractivity contribution in [3.05, 3.63) is 34.9 Å². The van der Waals surface area contributed by atoms with E-state index in [1.165, 1.54) is 6.92 Å². The van der Waals surface area contributed by atoms with Crippen molar-refractivity contribution < 1.29 is 9.59 Å². The highest BCUT2D eigenvalue weighted by atomic mass is 35.5. The van der Waals surface area contributed by atoms with Gasteiger partial charge in [0.2, 0.25) is 11.8 Å². The van der Waals surface area contributed by atoms with Crippen molar-refractivity contribution in [2.75, 3.05) is 0 Å². The molecule has 0 aliphatic heterocycles. The second-order valence-electron chi connectivity index (χ2n) is 3.45. The number of nitrogens with one attached hydrogen (secondary N) is 1. The van der Waals surface area contributed by atoms with Crippen LogP contribution in [0.25, 0.3) is 0 Å². The largest absolute Gasteiger partial charge is 0.368 e. The molecule has 86 valence electrons. The Morgan fingerprint density at radius 3 is 2.56 bits per heavy atom. The summed E-state index contributed by atoms with van der Waals surface area (Å²) in [5.41, 5.74) is 5.97. The zero-order valence-electron chi connectivity index (χ0n) is 8.87. The van der Waals surface area contributed by atoms with Gasteiger partial charge in [-0.25, -0.2) is 0 Å². The summed E-state index contributed by atoms with van der Waals surface area (Å²) in [6.45, 7) is 1.34. The molecule has 1 aromatic carbocycles. The monoisotopic (exact) mass is 240 g/mol. The third-order valence-electron chi connectivity index (χ3n) is 2.10. The van der Waals surface area contributed by atoms with Crippen molar-refractivity contribution in [3.63, 3.8) is 0 Å². The van der Waals surface area contributed by atoms with E-state index < -0.39 is 11.9 Å². The third kappa shape index (κ3) is 3.55. The Balaban J connectivity index is 2.80. The average molecular weight is 241 g/mol.